The van der Waals surface area contributed by atoms with E-state index in [1.165, 1.54) is 57.8 Å². The predicted octanol–water partition coefficient (Wildman–Crippen LogP) is -3.29. The van der Waals surface area contributed by atoms with Gasteiger partial charge >= 0.3 is 0 Å². The van der Waals surface area contributed by atoms with E-state index in [2.05, 4.69) is 12.2 Å². The van der Waals surface area contributed by atoms with Gasteiger partial charge in [-0.05, 0) is 12.8 Å². The molecule has 3 heterocycles. The fourth-order valence-electron chi connectivity index (χ4n) is 8.37. The molecule has 1 saturated carbocycles. The smallest absolute Gasteiger partial charge is 0.220 e. The molecule has 4 rings (SSSR count). The molecule has 4 aliphatic rings. The Morgan fingerprint density at radius 3 is 1.47 bits per heavy atom. The van der Waals surface area contributed by atoms with Crippen molar-refractivity contribution in [2.75, 3.05) is 19.6 Å². The lowest BCUT2D eigenvalue weighted by Gasteiger charge is -2.47. The monoisotopic (exact) mass is 852 g/mol. The molecule has 4 fully saturated rings. The van der Waals surface area contributed by atoms with Crippen molar-refractivity contribution in [3.8, 4) is 0 Å². The third-order valence-electron chi connectivity index (χ3n) is 12.2. The Hall–Kier alpha value is -1.25. The Kier molecular flexibility index (Phi) is 21.5. The molecule has 0 radical (unpaired) electrons. The van der Waals surface area contributed by atoms with Crippen molar-refractivity contribution in [1.82, 2.24) is 5.32 Å². The van der Waals surface area contributed by atoms with Crippen LogP contribution in [0.25, 0.3) is 0 Å². The number of nitrogens with two attached hydrogens (primary N) is 6. The van der Waals surface area contributed by atoms with Crippen LogP contribution >= 0.6 is 0 Å². The van der Waals surface area contributed by atoms with Crippen molar-refractivity contribution in [3.05, 3.63) is 0 Å². The van der Waals surface area contributed by atoms with Gasteiger partial charge in [0, 0.05) is 38.1 Å². The summed E-state index contributed by atoms with van der Waals surface area (Å²) in [7, 11) is 0. The lowest BCUT2D eigenvalue weighted by atomic mass is 9.84. The topological polar surface area (TPSA) is 362 Å². The summed E-state index contributed by atoms with van der Waals surface area (Å²) >= 11 is 0. The molecule has 20 heteroatoms. The molecule has 0 aromatic carbocycles. The number of nitrogens with one attached hydrogen (secondary N) is 1. The van der Waals surface area contributed by atoms with Crippen LogP contribution in [0.1, 0.15) is 103 Å². The van der Waals surface area contributed by atoms with E-state index in [0.717, 1.165) is 19.3 Å². The van der Waals surface area contributed by atoms with Crippen LogP contribution in [0, 0.1) is 0 Å². The minimum Gasteiger partial charge on any atom is -0.389 e. The van der Waals surface area contributed by atoms with Gasteiger partial charge in [-0.25, -0.2) is 0 Å². The number of aliphatic hydroxyl groups is 6. The van der Waals surface area contributed by atoms with E-state index in [0.29, 0.717) is 6.42 Å². The molecule has 59 heavy (non-hydrogen) atoms. The first kappa shape index (κ1) is 50.4. The highest BCUT2D eigenvalue weighted by Crippen LogP contribution is 2.34. The number of hydrogen-bond acceptors (Lipinski definition) is 19. The minimum atomic E-state index is -1.61. The molecule has 3 saturated heterocycles. The lowest BCUT2D eigenvalue weighted by molar-refractivity contribution is -0.306. The van der Waals surface area contributed by atoms with E-state index in [1.807, 2.05) is 0 Å². The Bertz CT molecular complexity index is 1200. The zero-order valence-corrected chi connectivity index (χ0v) is 34.7. The third kappa shape index (κ3) is 13.9. The lowest BCUT2D eigenvalue weighted by Crippen LogP contribution is -2.68. The van der Waals surface area contributed by atoms with E-state index >= 15 is 0 Å². The molecular formula is C39H77N7O13. The van der Waals surface area contributed by atoms with Crippen molar-refractivity contribution >= 4 is 5.91 Å². The van der Waals surface area contributed by atoms with E-state index < -0.39 is 116 Å². The fraction of sp³-hybridized carbons (Fsp3) is 0.974. The van der Waals surface area contributed by atoms with E-state index in [4.69, 9.17) is 62.8 Å². The number of unbranched alkanes of at least 4 members (excludes halogenated alkanes) is 12. The summed E-state index contributed by atoms with van der Waals surface area (Å²) in [6.07, 6.45) is -4.21. The molecule has 0 aromatic heterocycles. The van der Waals surface area contributed by atoms with Crippen molar-refractivity contribution in [2.45, 2.75) is 220 Å². The van der Waals surface area contributed by atoms with Crippen molar-refractivity contribution in [3.63, 3.8) is 0 Å². The van der Waals surface area contributed by atoms with Crippen LogP contribution in [0.4, 0.5) is 0 Å². The average molecular weight is 852 g/mol. The molecule has 3 aliphatic heterocycles. The second-order valence-electron chi connectivity index (χ2n) is 16.9. The molecule has 0 bridgehead atoms. The predicted molar refractivity (Wildman–Crippen MR) is 215 cm³/mol. The molecule has 1 amide bonds. The first-order valence-corrected chi connectivity index (χ1v) is 21.9. The number of hydrogen-bond donors (Lipinski definition) is 13. The maximum absolute atomic E-state index is 13.0. The number of carbonyl (C=O) groups excluding carboxylic acids is 1. The molecule has 0 unspecified atom stereocenters. The highest BCUT2D eigenvalue weighted by Gasteiger charge is 2.54. The van der Waals surface area contributed by atoms with Gasteiger partial charge in [-0.2, -0.15) is 0 Å². The van der Waals surface area contributed by atoms with Gasteiger partial charge in [-0.15, -0.1) is 0 Å². The van der Waals surface area contributed by atoms with Crippen LogP contribution in [0.15, 0.2) is 0 Å². The highest BCUT2D eigenvalue weighted by atomic mass is 16.8. The fourth-order valence-corrected chi connectivity index (χ4v) is 8.37. The number of aliphatic hydroxyl groups excluding tert-OH is 6. The summed E-state index contributed by atoms with van der Waals surface area (Å²) in [5.41, 5.74) is 36.5. The van der Waals surface area contributed by atoms with Crippen LogP contribution in [-0.2, 0) is 33.2 Å². The maximum Gasteiger partial charge on any atom is 0.220 e. The number of ether oxygens (including phenoxy) is 6. The second kappa shape index (κ2) is 25.1. The van der Waals surface area contributed by atoms with Gasteiger partial charge in [0.15, 0.2) is 18.9 Å². The average Bonchev–Trinajstić information content (AvgIpc) is 3.51. The molecule has 346 valence electrons. The summed E-state index contributed by atoms with van der Waals surface area (Å²) in [6.45, 7) is 1.76. The van der Waals surface area contributed by atoms with Gasteiger partial charge in [0.1, 0.15) is 67.1 Å². The number of amides is 1. The standard InChI is InChI=1S/C39H77N7O13/c1-2-3-4-5-6-7-8-9-10-11-12-13-14-15-25(47)46-19-24-35(58-38-27(45)32(52)30(50)23(18-41)55-38)33(53)39(56-24)59-36-28(48)20(42)16-21(43)34(36)57-37-26(44)31(51)29(49)22(17-40)54-37/h20-24,26-39,48-53H,2-19,40-45H2,1H3,(H,46,47)/t20-,21+,22-,23+,24-,26-,27-,28+,29-,30-,31-,32-,33-,34-,35-,36-,37-,38-,39+/m1/s1. The molecule has 20 nitrogen and oxygen atoms in total. The van der Waals surface area contributed by atoms with Crippen LogP contribution in [-0.4, -0.2) is 172 Å². The molecule has 19 N–H and O–H groups in total. The van der Waals surface area contributed by atoms with Gasteiger partial charge < -0.3 is 98.8 Å². The third-order valence-corrected chi connectivity index (χ3v) is 12.2. The molecule has 19 atom stereocenters. The summed E-state index contributed by atoms with van der Waals surface area (Å²) in [6, 6.07) is -4.25. The normalized spacial score (nSPS) is 41.6. The van der Waals surface area contributed by atoms with E-state index in [9.17, 15) is 35.4 Å². The van der Waals surface area contributed by atoms with Crippen LogP contribution < -0.4 is 39.7 Å². The van der Waals surface area contributed by atoms with Crippen LogP contribution in [0.2, 0.25) is 0 Å². The number of carbonyl (C=O) groups is 1. The number of rotatable bonds is 24. The Morgan fingerprint density at radius 2 is 0.983 bits per heavy atom. The molecular weight excluding hydrogens is 774 g/mol. The first-order chi connectivity index (χ1) is 28.2. The van der Waals surface area contributed by atoms with Gasteiger partial charge in [0.05, 0.1) is 18.2 Å². The second-order valence-corrected chi connectivity index (χ2v) is 16.9. The van der Waals surface area contributed by atoms with Gasteiger partial charge in [0.2, 0.25) is 5.91 Å². The zero-order chi connectivity index (χ0) is 43.2. The summed E-state index contributed by atoms with van der Waals surface area (Å²) in [5.74, 6) is -0.235. The highest BCUT2D eigenvalue weighted by molar-refractivity contribution is 5.75. The van der Waals surface area contributed by atoms with Crippen molar-refractivity contribution in [2.24, 2.45) is 34.4 Å². The molecule has 0 spiro atoms. The Balaban J connectivity index is 1.37. The largest absolute Gasteiger partial charge is 0.389 e. The van der Waals surface area contributed by atoms with E-state index in [-0.39, 0.29) is 38.4 Å². The molecule has 1 aliphatic carbocycles. The van der Waals surface area contributed by atoms with Crippen molar-refractivity contribution in [1.29, 1.82) is 0 Å². The quantitative estimate of drug-likeness (QED) is 0.0423. The minimum absolute atomic E-state index is 0.0836. The van der Waals surface area contributed by atoms with Crippen LogP contribution in [0.5, 0.6) is 0 Å². The summed E-state index contributed by atoms with van der Waals surface area (Å²) in [5, 5.41) is 67.8. The zero-order valence-electron chi connectivity index (χ0n) is 34.7. The van der Waals surface area contributed by atoms with Crippen LogP contribution in [0.3, 0.4) is 0 Å². The summed E-state index contributed by atoms with van der Waals surface area (Å²) < 4.78 is 36.2. The van der Waals surface area contributed by atoms with Gasteiger partial charge in [-0.1, -0.05) is 84.0 Å². The first-order valence-electron chi connectivity index (χ1n) is 21.9. The maximum atomic E-state index is 13.0. The van der Waals surface area contributed by atoms with Gasteiger partial charge in [0.25, 0.3) is 0 Å². The molecule has 0 aromatic rings. The SMILES string of the molecule is CCCCCCCCCCCCCCCC(=O)NC[C@H]1O[C@@H](O[C@@H]2[C@@H](O)[C@H](N)C[C@H](N)[C@H]2O[C@H]2O[C@H](CN)[C@@H](O)[C@H](O)[C@H]2N)[C@H](O)[C@@H]1O[C@H]1O[C@@H](CN)[C@@H](O)[C@H](O)[C@H]1N. The summed E-state index contributed by atoms with van der Waals surface area (Å²) in [4.78, 5) is 13.0. The Labute approximate surface area is 348 Å². The Morgan fingerprint density at radius 1 is 0.542 bits per heavy atom. The van der Waals surface area contributed by atoms with E-state index in [1.54, 1.807) is 0 Å². The van der Waals surface area contributed by atoms with Gasteiger partial charge in [-0.3, -0.25) is 4.79 Å². The van der Waals surface area contributed by atoms with Crippen molar-refractivity contribution < 1.29 is 63.9 Å².